The first-order chi connectivity index (χ1) is 10.7. The molecule has 118 valence electrons. The molecule has 2 N–H and O–H groups in total. The van der Waals surface area contributed by atoms with E-state index in [0.29, 0.717) is 6.42 Å². The third-order valence-corrected chi connectivity index (χ3v) is 3.88. The van der Waals surface area contributed by atoms with Gasteiger partial charge in [0.05, 0.1) is 13.2 Å². The zero-order valence-corrected chi connectivity index (χ0v) is 13.4. The Hall–Kier alpha value is -1.84. The third-order valence-electron chi connectivity index (χ3n) is 3.88. The van der Waals surface area contributed by atoms with Crippen LogP contribution in [0.5, 0.6) is 5.75 Å². The number of ether oxygens (including phenoxy) is 1. The van der Waals surface area contributed by atoms with Crippen LogP contribution in [0, 0.1) is 0 Å². The van der Waals surface area contributed by atoms with E-state index in [1.54, 1.807) is 7.11 Å². The van der Waals surface area contributed by atoms with E-state index in [1.165, 1.54) is 5.56 Å². The van der Waals surface area contributed by atoms with E-state index < -0.39 is 6.10 Å². The van der Waals surface area contributed by atoms with Gasteiger partial charge in [-0.3, -0.25) is 0 Å². The molecule has 0 radical (unpaired) electrons. The third kappa shape index (κ3) is 4.58. The molecule has 0 spiro atoms. The van der Waals surface area contributed by atoms with Crippen LogP contribution in [0.2, 0.25) is 0 Å². The molecule has 0 heterocycles. The molecule has 0 aliphatic carbocycles. The SMILES string of the molecule is CCc1ccc(C(O)CCNCc2ccccc2OC)cc1. The highest BCUT2D eigenvalue weighted by Crippen LogP contribution is 2.18. The molecule has 1 atom stereocenters. The Morgan fingerprint density at radius 3 is 2.50 bits per heavy atom. The Labute approximate surface area is 133 Å². The number of rotatable bonds is 8. The summed E-state index contributed by atoms with van der Waals surface area (Å²) in [5.41, 5.74) is 3.41. The molecule has 0 saturated heterocycles. The van der Waals surface area contributed by atoms with Crippen molar-refractivity contribution in [1.82, 2.24) is 5.32 Å². The van der Waals surface area contributed by atoms with Crippen LogP contribution in [-0.4, -0.2) is 18.8 Å². The molecule has 3 heteroatoms. The number of aryl methyl sites for hydroxylation is 1. The fraction of sp³-hybridized carbons (Fsp3) is 0.368. The molecule has 0 saturated carbocycles. The first-order valence-electron chi connectivity index (χ1n) is 7.84. The maximum absolute atomic E-state index is 10.2. The van der Waals surface area contributed by atoms with Crippen LogP contribution in [-0.2, 0) is 13.0 Å². The highest BCUT2D eigenvalue weighted by molar-refractivity contribution is 5.33. The lowest BCUT2D eigenvalue weighted by Crippen LogP contribution is -2.17. The first kappa shape index (κ1) is 16.5. The molecule has 2 aromatic carbocycles. The monoisotopic (exact) mass is 299 g/mol. The number of nitrogens with one attached hydrogen (secondary N) is 1. The van der Waals surface area contributed by atoms with Gasteiger partial charge in [-0.25, -0.2) is 0 Å². The number of hydrogen-bond acceptors (Lipinski definition) is 3. The zero-order valence-electron chi connectivity index (χ0n) is 13.4. The minimum Gasteiger partial charge on any atom is -0.496 e. The summed E-state index contributed by atoms with van der Waals surface area (Å²) in [7, 11) is 1.68. The molecule has 0 fully saturated rings. The van der Waals surface area contributed by atoms with Gasteiger partial charge in [-0.15, -0.1) is 0 Å². The second kappa shape index (κ2) is 8.57. The van der Waals surface area contributed by atoms with E-state index in [0.717, 1.165) is 36.4 Å². The number of aliphatic hydroxyl groups excluding tert-OH is 1. The van der Waals surface area contributed by atoms with Gasteiger partial charge in [-0.1, -0.05) is 49.4 Å². The molecule has 0 bridgehead atoms. The van der Waals surface area contributed by atoms with Crippen molar-refractivity contribution in [3.8, 4) is 5.75 Å². The maximum Gasteiger partial charge on any atom is 0.123 e. The van der Waals surface area contributed by atoms with Crippen molar-refractivity contribution < 1.29 is 9.84 Å². The molecule has 0 aromatic heterocycles. The van der Waals surface area contributed by atoms with Crippen LogP contribution in [0.3, 0.4) is 0 Å². The number of para-hydroxylation sites is 1. The standard InChI is InChI=1S/C19H25NO2/c1-3-15-8-10-16(11-9-15)18(21)12-13-20-14-17-6-4-5-7-19(17)22-2/h4-11,18,20-21H,3,12-14H2,1-2H3. The molecule has 0 aliphatic heterocycles. The van der Waals surface area contributed by atoms with E-state index in [2.05, 4.69) is 24.4 Å². The van der Waals surface area contributed by atoms with E-state index in [9.17, 15) is 5.11 Å². The van der Waals surface area contributed by atoms with Crippen LogP contribution in [0.25, 0.3) is 0 Å². The number of hydrogen-bond donors (Lipinski definition) is 2. The fourth-order valence-corrected chi connectivity index (χ4v) is 2.45. The van der Waals surface area contributed by atoms with Gasteiger partial charge in [-0.05, 0) is 36.6 Å². The van der Waals surface area contributed by atoms with Gasteiger partial charge in [-0.2, -0.15) is 0 Å². The van der Waals surface area contributed by atoms with Crippen LogP contribution in [0.1, 0.15) is 36.1 Å². The average Bonchev–Trinajstić information content (AvgIpc) is 2.59. The Morgan fingerprint density at radius 1 is 1.09 bits per heavy atom. The molecule has 0 amide bonds. The van der Waals surface area contributed by atoms with Gasteiger partial charge in [0, 0.05) is 12.1 Å². The fourth-order valence-electron chi connectivity index (χ4n) is 2.45. The van der Waals surface area contributed by atoms with Gasteiger partial charge in [0.2, 0.25) is 0 Å². The van der Waals surface area contributed by atoms with E-state index in [1.807, 2.05) is 36.4 Å². The van der Waals surface area contributed by atoms with Crippen molar-refractivity contribution in [3.05, 3.63) is 65.2 Å². The average molecular weight is 299 g/mol. The molecule has 2 rings (SSSR count). The largest absolute Gasteiger partial charge is 0.496 e. The van der Waals surface area contributed by atoms with Crippen LogP contribution in [0.15, 0.2) is 48.5 Å². The molecular weight excluding hydrogens is 274 g/mol. The zero-order chi connectivity index (χ0) is 15.8. The summed E-state index contributed by atoms with van der Waals surface area (Å²) in [5.74, 6) is 0.894. The molecule has 22 heavy (non-hydrogen) atoms. The van der Waals surface area contributed by atoms with Crippen LogP contribution in [0.4, 0.5) is 0 Å². The second-order valence-electron chi connectivity index (χ2n) is 5.39. The highest BCUT2D eigenvalue weighted by atomic mass is 16.5. The summed E-state index contributed by atoms with van der Waals surface area (Å²) in [6, 6.07) is 16.2. The Morgan fingerprint density at radius 2 is 1.82 bits per heavy atom. The lowest BCUT2D eigenvalue weighted by Gasteiger charge is -2.13. The quantitative estimate of drug-likeness (QED) is 0.733. The van der Waals surface area contributed by atoms with Gasteiger partial charge in [0.1, 0.15) is 5.75 Å². The van der Waals surface area contributed by atoms with E-state index in [-0.39, 0.29) is 0 Å². The Kier molecular flexibility index (Phi) is 6.44. The predicted molar refractivity (Wildman–Crippen MR) is 90.1 cm³/mol. The van der Waals surface area contributed by atoms with Crippen molar-refractivity contribution in [2.75, 3.05) is 13.7 Å². The van der Waals surface area contributed by atoms with Crippen LogP contribution >= 0.6 is 0 Å². The molecule has 0 aliphatic rings. The van der Waals surface area contributed by atoms with Gasteiger partial charge < -0.3 is 15.2 Å². The molecule has 2 aromatic rings. The molecular formula is C19H25NO2. The highest BCUT2D eigenvalue weighted by Gasteiger charge is 2.07. The smallest absolute Gasteiger partial charge is 0.123 e. The van der Waals surface area contributed by atoms with Gasteiger partial charge in [0.15, 0.2) is 0 Å². The lowest BCUT2D eigenvalue weighted by molar-refractivity contribution is 0.166. The maximum atomic E-state index is 10.2. The van der Waals surface area contributed by atoms with Gasteiger partial charge in [0.25, 0.3) is 0 Å². The van der Waals surface area contributed by atoms with Crippen molar-refractivity contribution in [1.29, 1.82) is 0 Å². The van der Waals surface area contributed by atoms with E-state index >= 15 is 0 Å². The first-order valence-corrected chi connectivity index (χ1v) is 7.84. The predicted octanol–water partition coefficient (Wildman–Crippen LogP) is 3.47. The van der Waals surface area contributed by atoms with Crippen LogP contribution < -0.4 is 10.1 Å². The normalized spacial score (nSPS) is 12.1. The molecule has 1 unspecified atom stereocenters. The minimum absolute atomic E-state index is 0.420. The van der Waals surface area contributed by atoms with Crippen molar-refractivity contribution in [3.63, 3.8) is 0 Å². The van der Waals surface area contributed by atoms with Crippen molar-refractivity contribution >= 4 is 0 Å². The molecule has 3 nitrogen and oxygen atoms in total. The van der Waals surface area contributed by atoms with E-state index in [4.69, 9.17) is 4.74 Å². The second-order valence-corrected chi connectivity index (χ2v) is 5.39. The summed E-state index contributed by atoms with van der Waals surface area (Å²) in [6.07, 6.45) is 1.30. The van der Waals surface area contributed by atoms with Crippen molar-refractivity contribution in [2.45, 2.75) is 32.4 Å². The van der Waals surface area contributed by atoms with Crippen molar-refractivity contribution in [2.24, 2.45) is 0 Å². The summed E-state index contributed by atoms with van der Waals surface area (Å²) in [5, 5.41) is 13.6. The Balaban J connectivity index is 1.78. The number of benzene rings is 2. The number of aliphatic hydroxyl groups is 1. The summed E-state index contributed by atoms with van der Waals surface area (Å²) in [4.78, 5) is 0. The minimum atomic E-state index is -0.420. The summed E-state index contributed by atoms with van der Waals surface area (Å²) < 4.78 is 5.33. The summed E-state index contributed by atoms with van der Waals surface area (Å²) in [6.45, 7) is 3.63. The topological polar surface area (TPSA) is 41.5 Å². The summed E-state index contributed by atoms with van der Waals surface area (Å²) >= 11 is 0. The Bertz CT molecular complexity index is 566. The van der Waals surface area contributed by atoms with Gasteiger partial charge >= 0.3 is 0 Å². The number of methoxy groups -OCH3 is 1. The lowest BCUT2D eigenvalue weighted by atomic mass is 10.0.